The van der Waals surface area contributed by atoms with Crippen molar-refractivity contribution in [3.05, 3.63) is 53.9 Å². The van der Waals surface area contributed by atoms with Gasteiger partial charge in [-0.2, -0.15) is 15.0 Å². The van der Waals surface area contributed by atoms with Crippen molar-refractivity contribution in [2.45, 2.75) is 33.7 Å². The molecule has 2 aromatic heterocycles. The van der Waals surface area contributed by atoms with E-state index >= 15 is 0 Å². The predicted octanol–water partition coefficient (Wildman–Crippen LogP) is 4.11. The molecule has 0 aliphatic heterocycles. The lowest BCUT2D eigenvalue weighted by molar-refractivity contribution is 0.869. The maximum atomic E-state index is 4.57. The van der Waals surface area contributed by atoms with Crippen LogP contribution in [0.15, 0.2) is 42.5 Å². The van der Waals surface area contributed by atoms with Gasteiger partial charge in [-0.3, -0.25) is 4.98 Å². The van der Waals surface area contributed by atoms with Gasteiger partial charge >= 0.3 is 0 Å². The highest BCUT2D eigenvalue weighted by atomic mass is 15.2. The fourth-order valence-electron chi connectivity index (χ4n) is 2.51. The Morgan fingerprint density at radius 1 is 0.800 bits per heavy atom. The summed E-state index contributed by atoms with van der Waals surface area (Å²) in [7, 11) is 0. The highest BCUT2D eigenvalue weighted by Gasteiger charge is 2.10. The van der Waals surface area contributed by atoms with E-state index in [0.717, 1.165) is 22.6 Å². The second-order valence-electron chi connectivity index (χ2n) is 6.23. The number of rotatable bonds is 5. The zero-order valence-corrected chi connectivity index (χ0v) is 14.9. The highest BCUT2D eigenvalue weighted by molar-refractivity contribution is 5.61. The molecule has 0 saturated heterocycles. The molecule has 6 heteroatoms. The molecular formula is C19H22N6. The maximum absolute atomic E-state index is 4.57. The van der Waals surface area contributed by atoms with Gasteiger partial charge in [0.15, 0.2) is 5.82 Å². The number of benzene rings is 1. The Kier molecular flexibility index (Phi) is 4.88. The van der Waals surface area contributed by atoms with Gasteiger partial charge in [0.05, 0.1) is 0 Å². The maximum Gasteiger partial charge on any atom is 0.232 e. The number of hydrogen-bond donors (Lipinski definition) is 2. The smallest absolute Gasteiger partial charge is 0.232 e. The van der Waals surface area contributed by atoms with E-state index in [2.05, 4.69) is 44.4 Å². The molecule has 0 radical (unpaired) electrons. The average Bonchev–Trinajstić information content (AvgIpc) is 2.54. The van der Waals surface area contributed by atoms with Crippen LogP contribution in [0.25, 0.3) is 11.4 Å². The third kappa shape index (κ3) is 4.50. The Bertz CT molecular complexity index is 841. The van der Waals surface area contributed by atoms with E-state index in [9.17, 15) is 0 Å². The molecular weight excluding hydrogens is 312 g/mol. The van der Waals surface area contributed by atoms with E-state index in [1.807, 2.05) is 56.3 Å². The van der Waals surface area contributed by atoms with Gasteiger partial charge in [0.2, 0.25) is 11.9 Å². The summed E-state index contributed by atoms with van der Waals surface area (Å²) in [6.07, 6.45) is 0. The number of hydrogen-bond acceptors (Lipinski definition) is 6. The van der Waals surface area contributed by atoms with Crippen LogP contribution in [-0.4, -0.2) is 26.0 Å². The third-order valence-corrected chi connectivity index (χ3v) is 3.42. The Hall–Kier alpha value is -3.02. The Balaban J connectivity index is 1.99. The fraction of sp³-hybridized carbons (Fsp3) is 0.263. The van der Waals surface area contributed by atoms with Crippen LogP contribution < -0.4 is 10.6 Å². The molecule has 0 aliphatic rings. The van der Waals surface area contributed by atoms with E-state index < -0.39 is 0 Å². The molecule has 6 nitrogen and oxygen atoms in total. The first-order valence-electron chi connectivity index (χ1n) is 8.30. The zero-order chi connectivity index (χ0) is 17.8. The van der Waals surface area contributed by atoms with Crippen molar-refractivity contribution in [2.24, 2.45) is 0 Å². The summed E-state index contributed by atoms with van der Waals surface area (Å²) in [5.41, 5.74) is 3.74. The van der Waals surface area contributed by atoms with Crippen LogP contribution >= 0.6 is 0 Å². The lowest BCUT2D eigenvalue weighted by atomic mass is 10.2. The molecule has 25 heavy (non-hydrogen) atoms. The third-order valence-electron chi connectivity index (χ3n) is 3.42. The molecule has 0 unspecified atom stereocenters. The molecule has 0 bridgehead atoms. The van der Waals surface area contributed by atoms with E-state index in [-0.39, 0.29) is 6.04 Å². The van der Waals surface area contributed by atoms with Crippen molar-refractivity contribution in [1.29, 1.82) is 0 Å². The minimum Gasteiger partial charge on any atom is -0.352 e. The number of anilines is 3. The second-order valence-corrected chi connectivity index (χ2v) is 6.23. The zero-order valence-electron chi connectivity index (χ0n) is 14.9. The van der Waals surface area contributed by atoms with Gasteiger partial charge in [-0.15, -0.1) is 0 Å². The summed E-state index contributed by atoms with van der Waals surface area (Å²) in [5.74, 6) is 1.68. The molecule has 3 rings (SSSR count). The summed E-state index contributed by atoms with van der Waals surface area (Å²) in [6.45, 7) is 8.03. The van der Waals surface area contributed by atoms with Gasteiger partial charge in [-0.25, -0.2) is 0 Å². The van der Waals surface area contributed by atoms with Gasteiger partial charge in [0.1, 0.15) is 0 Å². The molecule has 0 aliphatic carbocycles. The van der Waals surface area contributed by atoms with E-state index in [1.54, 1.807) is 0 Å². The number of nitrogens with one attached hydrogen (secondary N) is 2. The lowest BCUT2D eigenvalue weighted by Crippen LogP contribution is -2.14. The summed E-state index contributed by atoms with van der Waals surface area (Å²) in [6, 6.07) is 14.0. The fourth-order valence-corrected chi connectivity index (χ4v) is 2.51. The van der Waals surface area contributed by atoms with Gasteiger partial charge in [0.25, 0.3) is 0 Å². The van der Waals surface area contributed by atoms with Crippen molar-refractivity contribution in [1.82, 2.24) is 19.9 Å². The SMILES string of the molecule is Cc1cc(Nc2nc(NC(C)C)nc(-c3ccccc3)n2)cc(C)n1. The Morgan fingerprint density at radius 2 is 1.44 bits per heavy atom. The molecule has 0 spiro atoms. The van der Waals surface area contributed by atoms with Crippen LogP contribution in [0.1, 0.15) is 25.2 Å². The van der Waals surface area contributed by atoms with Crippen molar-refractivity contribution in [2.75, 3.05) is 10.6 Å². The van der Waals surface area contributed by atoms with E-state index in [0.29, 0.717) is 17.7 Å². The minimum absolute atomic E-state index is 0.226. The van der Waals surface area contributed by atoms with Crippen molar-refractivity contribution < 1.29 is 0 Å². The summed E-state index contributed by atoms with van der Waals surface area (Å²) in [5, 5.41) is 6.52. The van der Waals surface area contributed by atoms with Crippen molar-refractivity contribution in [3.63, 3.8) is 0 Å². The minimum atomic E-state index is 0.226. The molecule has 2 heterocycles. The normalized spacial score (nSPS) is 10.8. The number of nitrogens with zero attached hydrogens (tertiary/aromatic N) is 4. The van der Waals surface area contributed by atoms with Crippen LogP contribution in [-0.2, 0) is 0 Å². The van der Waals surface area contributed by atoms with Gasteiger partial charge in [-0.05, 0) is 39.8 Å². The van der Waals surface area contributed by atoms with Gasteiger partial charge in [-0.1, -0.05) is 30.3 Å². The van der Waals surface area contributed by atoms with Crippen molar-refractivity contribution in [3.8, 4) is 11.4 Å². The van der Waals surface area contributed by atoms with Gasteiger partial charge in [0, 0.05) is 28.7 Å². The van der Waals surface area contributed by atoms with Crippen LogP contribution in [0.3, 0.4) is 0 Å². The first-order valence-corrected chi connectivity index (χ1v) is 8.30. The number of aromatic nitrogens is 4. The standard InChI is InChI=1S/C19H22N6/c1-12(2)20-18-23-17(15-8-6-5-7-9-15)24-19(25-18)22-16-10-13(3)21-14(4)11-16/h5-12H,1-4H3,(H2,20,21,22,23,24,25). The van der Waals surface area contributed by atoms with Crippen LogP contribution in [0.2, 0.25) is 0 Å². The lowest BCUT2D eigenvalue weighted by Gasteiger charge is -2.12. The summed E-state index contributed by atoms with van der Waals surface area (Å²) >= 11 is 0. The molecule has 2 N–H and O–H groups in total. The highest BCUT2D eigenvalue weighted by Crippen LogP contribution is 2.21. The topological polar surface area (TPSA) is 75.6 Å². The quantitative estimate of drug-likeness (QED) is 0.731. The van der Waals surface area contributed by atoms with Crippen LogP contribution in [0.4, 0.5) is 17.6 Å². The van der Waals surface area contributed by atoms with Crippen LogP contribution in [0, 0.1) is 13.8 Å². The molecule has 3 aromatic rings. The Labute approximate surface area is 147 Å². The molecule has 0 atom stereocenters. The first kappa shape index (κ1) is 16.8. The molecule has 0 fully saturated rings. The summed E-state index contributed by atoms with van der Waals surface area (Å²) < 4.78 is 0. The second kappa shape index (κ2) is 7.25. The number of aryl methyl sites for hydroxylation is 2. The predicted molar refractivity (Wildman–Crippen MR) is 101 cm³/mol. The molecule has 1 aromatic carbocycles. The van der Waals surface area contributed by atoms with E-state index in [1.165, 1.54) is 0 Å². The van der Waals surface area contributed by atoms with Crippen molar-refractivity contribution >= 4 is 17.6 Å². The first-order chi connectivity index (χ1) is 12.0. The largest absolute Gasteiger partial charge is 0.352 e. The average molecular weight is 334 g/mol. The monoisotopic (exact) mass is 334 g/mol. The molecule has 128 valence electrons. The van der Waals surface area contributed by atoms with Crippen LogP contribution in [0.5, 0.6) is 0 Å². The van der Waals surface area contributed by atoms with Gasteiger partial charge < -0.3 is 10.6 Å². The number of pyridine rings is 1. The molecule has 0 saturated carbocycles. The van der Waals surface area contributed by atoms with E-state index in [4.69, 9.17) is 0 Å². The molecule has 0 amide bonds. The Morgan fingerprint density at radius 3 is 2.08 bits per heavy atom. The summed E-state index contributed by atoms with van der Waals surface area (Å²) in [4.78, 5) is 18.0.